The van der Waals surface area contributed by atoms with Crippen LogP contribution in [0.25, 0.3) is 11.3 Å². The van der Waals surface area contributed by atoms with Gasteiger partial charge >= 0.3 is 0 Å². The largest absolute Gasteiger partial charge is 0.497 e. The van der Waals surface area contributed by atoms with Crippen LogP contribution >= 0.6 is 11.3 Å². The van der Waals surface area contributed by atoms with Gasteiger partial charge in [0.25, 0.3) is 11.8 Å². The number of aromatic amines is 1. The van der Waals surface area contributed by atoms with Gasteiger partial charge in [0, 0.05) is 31.7 Å². The Hall–Kier alpha value is -3.13. The summed E-state index contributed by atoms with van der Waals surface area (Å²) in [5.74, 6) is 0.661. The van der Waals surface area contributed by atoms with Gasteiger partial charge in [0.05, 0.1) is 17.7 Å². The minimum atomic E-state index is -0.107. The first kappa shape index (κ1) is 18.2. The monoisotopic (exact) mass is 396 g/mol. The Morgan fingerprint density at radius 1 is 1.04 bits per heavy atom. The highest BCUT2D eigenvalue weighted by Gasteiger charge is 2.26. The molecule has 0 bridgehead atoms. The highest BCUT2D eigenvalue weighted by atomic mass is 32.1. The summed E-state index contributed by atoms with van der Waals surface area (Å²) in [5.41, 5.74) is 2.01. The van der Waals surface area contributed by atoms with Gasteiger partial charge in [-0.1, -0.05) is 18.2 Å². The van der Waals surface area contributed by atoms with Gasteiger partial charge in [-0.3, -0.25) is 14.7 Å². The van der Waals surface area contributed by atoms with Gasteiger partial charge < -0.3 is 14.5 Å². The minimum Gasteiger partial charge on any atom is -0.497 e. The van der Waals surface area contributed by atoms with E-state index < -0.39 is 0 Å². The molecular formula is C20H20N4O3S. The van der Waals surface area contributed by atoms with E-state index in [-0.39, 0.29) is 11.8 Å². The van der Waals surface area contributed by atoms with Crippen molar-refractivity contribution in [2.24, 2.45) is 0 Å². The molecule has 1 aliphatic rings. The molecule has 0 atom stereocenters. The second-order valence-corrected chi connectivity index (χ2v) is 7.41. The third-order valence-corrected chi connectivity index (χ3v) is 5.62. The predicted octanol–water partition coefficient (Wildman–Crippen LogP) is 2.75. The quantitative estimate of drug-likeness (QED) is 0.736. The zero-order chi connectivity index (χ0) is 19.5. The third kappa shape index (κ3) is 3.63. The van der Waals surface area contributed by atoms with E-state index in [0.29, 0.717) is 37.6 Å². The number of nitrogens with zero attached hydrogens (tertiary/aromatic N) is 3. The zero-order valence-electron chi connectivity index (χ0n) is 15.4. The molecule has 1 N–H and O–H groups in total. The molecule has 3 aromatic rings. The molecule has 1 aromatic carbocycles. The molecule has 28 heavy (non-hydrogen) atoms. The van der Waals surface area contributed by atoms with Crippen LogP contribution in [0.5, 0.6) is 5.75 Å². The van der Waals surface area contributed by atoms with Gasteiger partial charge in [-0.05, 0) is 29.6 Å². The molecule has 2 amide bonds. The lowest BCUT2D eigenvalue weighted by Gasteiger charge is -2.34. The number of rotatable bonds is 4. The van der Waals surface area contributed by atoms with Crippen molar-refractivity contribution >= 4 is 23.2 Å². The predicted molar refractivity (Wildman–Crippen MR) is 107 cm³/mol. The molecule has 0 aliphatic carbocycles. The van der Waals surface area contributed by atoms with Gasteiger partial charge in [-0.15, -0.1) is 11.3 Å². The molecule has 0 spiro atoms. The van der Waals surface area contributed by atoms with E-state index in [1.165, 1.54) is 11.3 Å². The van der Waals surface area contributed by atoms with Crippen LogP contribution in [0.3, 0.4) is 0 Å². The van der Waals surface area contributed by atoms with Crippen molar-refractivity contribution in [1.82, 2.24) is 20.0 Å². The maximum atomic E-state index is 12.8. The molecule has 1 aliphatic heterocycles. The number of amides is 2. The Kier molecular flexibility index (Phi) is 5.12. The van der Waals surface area contributed by atoms with E-state index in [4.69, 9.17) is 4.74 Å². The Labute approximate surface area is 166 Å². The number of hydrogen-bond acceptors (Lipinski definition) is 5. The van der Waals surface area contributed by atoms with Gasteiger partial charge in [0.1, 0.15) is 11.4 Å². The van der Waals surface area contributed by atoms with Crippen molar-refractivity contribution in [1.29, 1.82) is 0 Å². The van der Waals surface area contributed by atoms with E-state index in [0.717, 1.165) is 16.2 Å². The van der Waals surface area contributed by atoms with Crippen molar-refractivity contribution in [3.8, 4) is 17.0 Å². The molecule has 4 rings (SSSR count). The molecule has 0 unspecified atom stereocenters. The van der Waals surface area contributed by atoms with Crippen LogP contribution in [0.2, 0.25) is 0 Å². The molecule has 1 fully saturated rings. The molecule has 0 saturated carbocycles. The second kappa shape index (κ2) is 7.85. The number of methoxy groups -OCH3 is 1. The fourth-order valence-corrected chi connectivity index (χ4v) is 3.89. The summed E-state index contributed by atoms with van der Waals surface area (Å²) in [6, 6.07) is 13.0. The number of ether oxygens (including phenoxy) is 1. The minimum absolute atomic E-state index is 0.0314. The molecule has 8 heteroatoms. The zero-order valence-corrected chi connectivity index (χ0v) is 16.2. The first-order valence-corrected chi connectivity index (χ1v) is 9.85. The molecule has 144 valence electrons. The standard InChI is InChI=1S/C20H20N4O3S/c1-27-15-5-2-4-14(12-15)16-13-17(22-21-16)19(25)23-7-9-24(10-8-23)20(26)18-6-3-11-28-18/h2-6,11-13H,7-10H2,1H3,(H,21,22). The van der Waals surface area contributed by atoms with Gasteiger partial charge in [-0.2, -0.15) is 5.10 Å². The maximum absolute atomic E-state index is 12.8. The van der Waals surface area contributed by atoms with Gasteiger partial charge in [-0.25, -0.2) is 0 Å². The number of H-pyrrole nitrogens is 1. The van der Waals surface area contributed by atoms with E-state index in [2.05, 4.69) is 10.2 Å². The van der Waals surface area contributed by atoms with Crippen molar-refractivity contribution < 1.29 is 14.3 Å². The van der Waals surface area contributed by atoms with E-state index in [1.54, 1.807) is 23.0 Å². The number of nitrogens with one attached hydrogen (secondary N) is 1. The Balaban J connectivity index is 1.40. The average molecular weight is 396 g/mol. The summed E-state index contributed by atoms with van der Waals surface area (Å²) in [6.45, 7) is 2.06. The van der Waals surface area contributed by atoms with Crippen LogP contribution in [0, 0.1) is 0 Å². The van der Waals surface area contributed by atoms with Crippen LogP contribution in [0.4, 0.5) is 0 Å². The summed E-state index contributed by atoms with van der Waals surface area (Å²) in [6.07, 6.45) is 0. The molecular weight excluding hydrogens is 376 g/mol. The smallest absolute Gasteiger partial charge is 0.272 e. The van der Waals surface area contributed by atoms with Crippen LogP contribution in [-0.2, 0) is 0 Å². The highest BCUT2D eigenvalue weighted by Crippen LogP contribution is 2.23. The number of aromatic nitrogens is 2. The second-order valence-electron chi connectivity index (χ2n) is 6.46. The van der Waals surface area contributed by atoms with Crippen molar-refractivity contribution in [2.45, 2.75) is 0 Å². The first-order valence-electron chi connectivity index (χ1n) is 8.97. The number of carbonyl (C=O) groups is 2. The Bertz CT molecular complexity index is 975. The Morgan fingerprint density at radius 3 is 2.46 bits per heavy atom. The molecule has 0 radical (unpaired) electrons. The van der Waals surface area contributed by atoms with Crippen molar-refractivity contribution in [3.63, 3.8) is 0 Å². The van der Waals surface area contributed by atoms with E-state index in [1.807, 2.05) is 41.8 Å². The average Bonchev–Trinajstić information content (AvgIpc) is 3.45. The summed E-state index contributed by atoms with van der Waals surface area (Å²) in [5, 5.41) is 8.99. The highest BCUT2D eigenvalue weighted by molar-refractivity contribution is 7.12. The lowest BCUT2D eigenvalue weighted by molar-refractivity contribution is 0.0535. The lowest BCUT2D eigenvalue weighted by atomic mass is 10.1. The number of piperazine rings is 1. The number of thiophene rings is 1. The van der Waals surface area contributed by atoms with Crippen LogP contribution in [0.15, 0.2) is 47.8 Å². The normalized spacial score (nSPS) is 14.2. The summed E-state index contributed by atoms with van der Waals surface area (Å²) < 4.78 is 5.24. The number of benzene rings is 1. The SMILES string of the molecule is COc1cccc(-c2cc(C(=O)N3CCN(C(=O)c4cccs4)CC3)[nH]n2)c1. The van der Waals surface area contributed by atoms with Crippen LogP contribution in [0.1, 0.15) is 20.2 Å². The maximum Gasteiger partial charge on any atom is 0.272 e. The van der Waals surface area contributed by atoms with Crippen LogP contribution in [-0.4, -0.2) is 65.1 Å². The van der Waals surface area contributed by atoms with E-state index in [9.17, 15) is 9.59 Å². The summed E-state index contributed by atoms with van der Waals surface area (Å²) >= 11 is 1.44. The van der Waals surface area contributed by atoms with Crippen molar-refractivity contribution in [3.05, 3.63) is 58.4 Å². The fraction of sp³-hybridized carbons (Fsp3) is 0.250. The Morgan fingerprint density at radius 2 is 1.79 bits per heavy atom. The topological polar surface area (TPSA) is 78.5 Å². The summed E-state index contributed by atoms with van der Waals surface area (Å²) in [7, 11) is 1.61. The molecule has 2 aromatic heterocycles. The third-order valence-electron chi connectivity index (χ3n) is 4.76. The molecule has 1 saturated heterocycles. The van der Waals surface area contributed by atoms with Crippen molar-refractivity contribution in [2.75, 3.05) is 33.3 Å². The number of hydrogen-bond donors (Lipinski definition) is 1. The molecule has 7 nitrogen and oxygen atoms in total. The lowest BCUT2D eigenvalue weighted by Crippen LogP contribution is -2.50. The van der Waals surface area contributed by atoms with E-state index >= 15 is 0 Å². The first-order chi connectivity index (χ1) is 13.7. The van der Waals surface area contributed by atoms with Gasteiger partial charge in [0.2, 0.25) is 0 Å². The van der Waals surface area contributed by atoms with Gasteiger partial charge in [0.15, 0.2) is 0 Å². The number of carbonyl (C=O) groups excluding carboxylic acids is 2. The van der Waals surface area contributed by atoms with Crippen LogP contribution < -0.4 is 4.74 Å². The summed E-state index contributed by atoms with van der Waals surface area (Å²) in [4.78, 5) is 29.5. The fourth-order valence-electron chi connectivity index (χ4n) is 3.20. The molecule has 3 heterocycles.